The first-order valence-electron chi connectivity index (χ1n) is 4.36. The zero-order chi connectivity index (χ0) is 9.90. The number of aromatic amines is 1. The Morgan fingerprint density at radius 2 is 2.31 bits per heavy atom. The lowest BCUT2D eigenvalue weighted by Gasteiger charge is -2.25. The molecular weight excluding hydrogens is 166 g/mol. The lowest BCUT2D eigenvalue weighted by molar-refractivity contribution is 0.546. The largest absolute Gasteiger partial charge is 0.379 e. The summed E-state index contributed by atoms with van der Waals surface area (Å²) < 4.78 is 0. The fraction of sp³-hybridized carbons (Fsp3) is 0.556. The maximum Gasteiger partial charge on any atom is 0.266 e. The lowest BCUT2D eigenvalue weighted by atomic mass is 10.0. The number of nitrogens with zero attached hydrogens (tertiary/aromatic N) is 1. The van der Waals surface area contributed by atoms with Crippen LogP contribution in [0.3, 0.4) is 0 Å². The molecule has 0 aliphatic carbocycles. The normalized spacial score (nSPS) is 11.3. The number of aromatic nitrogens is 2. The molecule has 0 bridgehead atoms. The molecule has 0 spiro atoms. The third-order valence-corrected chi connectivity index (χ3v) is 2.03. The minimum atomic E-state index is -0.183. The zero-order valence-electron chi connectivity index (χ0n) is 8.22. The van der Waals surface area contributed by atoms with Gasteiger partial charge in [0.2, 0.25) is 0 Å². The van der Waals surface area contributed by atoms with Gasteiger partial charge in [-0.25, -0.2) is 5.10 Å². The van der Waals surface area contributed by atoms with E-state index in [-0.39, 0.29) is 11.1 Å². The molecule has 1 heterocycles. The van der Waals surface area contributed by atoms with Gasteiger partial charge in [-0.1, -0.05) is 6.92 Å². The third-order valence-electron chi connectivity index (χ3n) is 2.03. The highest BCUT2D eigenvalue weighted by molar-refractivity contribution is 5.41. The van der Waals surface area contributed by atoms with Crippen LogP contribution in [-0.4, -0.2) is 15.7 Å². The monoisotopic (exact) mass is 181 g/mol. The quantitative estimate of drug-likeness (QED) is 0.740. The SMILES string of the molecule is CCC(C)(C)Nc1cn[nH]c(=O)c1. The second kappa shape index (κ2) is 3.60. The van der Waals surface area contributed by atoms with Crippen molar-refractivity contribution in [2.75, 3.05) is 5.32 Å². The van der Waals surface area contributed by atoms with Crippen molar-refractivity contribution in [3.05, 3.63) is 22.6 Å². The summed E-state index contributed by atoms with van der Waals surface area (Å²) in [7, 11) is 0. The molecule has 1 aromatic rings. The molecule has 0 radical (unpaired) electrons. The molecule has 0 amide bonds. The van der Waals surface area contributed by atoms with E-state index >= 15 is 0 Å². The van der Waals surface area contributed by atoms with Crippen molar-refractivity contribution < 1.29 is 0 Å². The lowest BCUT2D eigenvalue weighted by Crippen LogP contribution is -2.30. The summed E-state index contributed by atoms with van der Waals surface area (Å²) in [6.07, 6.45) is 2.60. The van der Waals surface area contributed by atoms with Crippen molar-refractivity contribution in [2.45, 2.75) is 32.7 Å². The molecule has 0 unspecified atom stereocenters. The molecule has 4 nitrogen and oxygen atoms in total. The van der Waals surface area contributed by atoms with Gasteiger partial charge >= 0.3 is 0 Å². The Balaban J connectivity index is 2.80. The van der Waals surface area contributed by atoms with Crippen LogP contribution in [0.2, 0.25) is 0 Å². The van der Waals surface area contributed by atoms with Crippen molar-refractivity contribution in [1.82, 2.24) is 10.2 Å². The van der Waals surface area contributed by atoms with E-state index in [0.717, 1.165) is 12.1 Å². The van der Waals surface area contributed by atoms with E-state index < -0.39 is 0 Å². The van der Waals surface area contributed by atoms with E-state index in [2.05, 4.69) is 36.3 Å². The van der Waals surface area contributed by atoms with Crippen LogP contribution < -0.4 is 10.9 Å². The fourth-order valence-corrected chi connectivity index (χ4v) is 0.924. The van der Waals surface area contributed by atoms with Gasteiger partial charge in [0.15, 0.2) is 0 Å². The molecule has 13 heavy (non-hydrogen) atoms. The van der Waals surface area contributed by atoms with Crippen molar-refractivity contribution in [3.63, 3.8) is 0 Å². The Morgan fingerprint density at radius 3 is 2.85 bits per heavy atom. The first-order valence-corrected chi connectivity index (χ1v) is 4.36. The average molecular weight is 181 g/mol. The Labute approximate surface area is 77.4 Å². The Kier molecular flexibility index (Phi) is 2.70. The van der Waals surface area contributed by atoms with Crippen LogP contribution in [0.1, 0.15) is 27.2 Å². The van der Waals surface area contributed by atoms with Gasteiger partial charge in [0.05, 0.1) is 11.9 Å². The standard InChI is InChI=1S/C9H15N3O/c1-4-9(2,3)11-7-5-8(13)12-10-6-7/h5-6H,4H2,1-3H3,(H2,11,12,13). The first-order chi connectivity index (χ1) is 6.03. The van der Waals surface area contributed by atoms with Crippen LogP contribution in [0.15, 0.2) is 17.1 Å². The van der Waals surface area contributed by atoms with E-state index in [1.165, 1.54) is 6.07 Å². The molecule has 4 heteroatoms. The predicted octanol–water partition coefficient (Wildman–Crippen LogP) is 1.37. The smallest absolute Gasteiger partial charge is 0.266 e. The molecule has 0 aliphatic heterocycles. The van der Waals surface area contributed by atoms with E-state index in [9.17, 15) is 4.79 Å². The average Bonchev–Trinajstić information content (AvgIpc) is 2.03. The summed E-state index contributed by atoms with van der Waals surface area (Å²) in [5.74, 6) is 0. The number of nitrogens with one attached hydrogen (secondary N) is 2. The van der Waals surface area contributed by atoms with Gasteiger partial charge in [-0.05, 0) is 20.3 Å². The third kappa shape index (κ3) is 2.89. The van der Waals surface area contributed by atoms with Crippen molar-refractivity contribution in [3.8, 4) is 0 Å². The summed E-state index contributed by atoms with van der Waals surface area (Å²) >= 11 is 0. The Morgan fingerprint density at radius 1 is 1.62 bits per heavy atom. The van der Waals surface area contributed by atoms with E-state index in [4.69, 9.17) is 0 Å². The molecule has 0 saturated carbocycles. The number of H-pyrrole nitrogens is 1. The number of hydrogen-bond donors (Lipinski definition) is 2. The van der Waals surface area contributed by atoms with Crippen LogP contribution in [0.25, 0.3) is 0 Å². The van der Waals surface area contributed by atoms with Gasteiger partial charge in [-0.3, -0.25) is 4.79 Å². The highest BCUT2D eigenvalue weighted by Crippen LogP contribution is 2.14. The minimum absolute atomic E-state index is 0.00449. The first kappa shape index (κ1) is 9.77. The Bertz CT molecular complexity index is 330. The van der Waals surface area contributed by atoms with Crippen LogP contribution in [0, 0.1) is 0 Å². The van der Waals surface area contributed by atoms with E-state index in [1.54, 1.807) is 6.20 Å². The minimum Gasteiger partial charge on any atom is -0.379 e. The van der Waals surface area contributed by atoms with E-state index in [1.807, 2.05) is 0 Å². The van der Waals surface area contributed by atoms with Gasteiger partial charge < -0.3 is 5.32 Å². The van der Waals surface area contributed by atoms with Gasteiger partial charge in [0, 0.05) is 11.6 Å². The van der Waals surface area contributed by atoms with Gasteiger partial charge in [-0.15, -0.1) is 0 Å². The molecular formula is C9H15N3O. The van der Waals surface area contributed by atoms with Gasteiger partial charge in [0.25, 0.3) is 5.56 Å². The zero-order valence-corrected chi connectivity index (χ0v) is 8.22. The molecule has 0 aliphatic rings. The summed E-state index contributed by atoms with van der Waals surface area (Å²) in [6, 6.07) is 1.50. The Hall–Kier alpha value is -1.32. The molecule has 2 N–H and O–H groups in total. The van der Waals surface area contributed by atoms with Gasteiger partial charge in [0.1, 0.15) is 0 Å². The maximum atomic E-state index is 10.9. The van der Waals surface area contributed by atoms with Crippen molar-refractivity contribution in [1.29, 1.82) is 0 Å². The summed E-state index contributed by atoms with van der Waals surface area (Å²) in [5, 5.41) is 9.26. The van der Waals surface area contributed by atoms with Crippen LogP contribution in [-0.2, 0) is 0 Å². The summed E-state index contributed by atoms with van der Waals surface area (Å²) in [5.41, 5.74) is 0.572. The molecule has 1 rings (SSSR count). The molecule has 1 aromatic heterocycles. The summed E-state index contributed by atoms with van der Waals surface area (Å²) in [6.45, 7) is 6.25. The summed E-state index contributed by atoms with van der Waals surface area (Å²) in [4.78, 5) is 10.9. The number of rotatable bonds is 3. The maximum absolute atomic E-state index is 10.9. The highest BCUT2D eigenvalue weighted by atomic mass is 16.1. The van der Waals surface area contributed by atoms with E-state index in [0.29, 0.717) is 0 Å². The number of anilines is 1. The van der Waals surface area contributed by atoms with Crippen LogP contribution in [0.4, 0.5) is 5.69 Å². The van der Waals surface area contributed by atoms with Crippen LogP contribution >= 0.6 is 0 Å². The van der Waals surface area contributed by atoms with Gasteiger partial charge in [-0.2, -0.15) is 5.10 Å². The second-order valence-electron chi connectivity index (χ2n) is 3.70. The highest BCUT2D eigenvalue weighted by Gasteiger charge is 2.13. The molecule has 72 valence electrons. The molecule has 0 atom stereocenters. The molecule has 0 saturated heterocycles. The predicted molar refractivity (Wildman–Crippen MR) is 52.9 cm³/mol. The number of hydrogen-bond acceptors (Lipinski definition) is 3. The van der Waals surface area contributed by atoms with Crippen molar-refractivity contribution in [2.24, 2.45) is 0 Å². The second-order valence-corrected chi connectivity index (χ2v) is 3.70. The molecule has 0 fully saturated rings. The molecule has 0 aromatic carbocycles. The fourth-order valence-electron chi connectivity index (χ4n) is 0.924. The topological polar surface area (TPSA) is 57.8 Å². The van der Waals surface area contributed by atoms with Crippen LogP contribution in [0.5, 0.6) is 0 Å². The van der Waals surface area contributed by atoms with Crippen molar-refractivity contribution >= 4 is 5.69 Å².